The molecule has 0 spiro atoms. The molecule has 2 aliphatic rings. The Labute approximate surface area is 113 Å². The number of benzene rings is 1. The molecule has 0 radical (unpaired) electrons. The van der Waals surface area contributed by atoms with E-state index in [4.69, 9.17) is 4.74 Å². The first-order chi connectivity index (χ1) is 9.29. The fourth-order valence-electron chi connectivity index (χ4n) is 2.90. The van der Waals surface area contributed by atoms with E-state index in [2.05, 4.69) is 16.0 Å². The van der Waals surface area contributed by atoms with Gasteiger partial charge in [0.15, 0.2) is 0 Å². The maximum atomic E-state index is 10.7. The summed E-state index contributed by atoms with van der Waals surface area (Å²) in [5, 5.41) is 0. The molecule has 3 rings (SSSR count). The number of hydrogen-bond acceptors (Lipinski definition) is 4. The van der Waals surface area contributed by atoms with Gasteiger partial charge in [-0.3, -0.25) is 0 Å². The summed E-state index contributed by atoms with van der Waals surface area (Å²) in [5.41, 5.74) is 1.99. The molecule has 1 aromatic carbocycles. The molecule has 1 aromatic rings. The molecule has 0 N–H and O–H groups in total. The lowest BCUT2D eigenvalue weighted by Gasteiger charge is -2.24. The van der Waals surface area contributed by atoms with Crippen molar-refractivity contribution in [2.24, 2.45) is 4.99 Å². The maximum absolute atomic E-state index is 10.7. The molecule has 4 nitrogen and oxygen atoms in total. The molecular weight excluding hydrogens is 240 g/mol. The van der Waals surface area contributed by atoms with E-state index in [0.717, 1.165) is 37.2 Å². The molecule has 4 heteroatoms. The topological polar surface area (TPSA) is 41.9 Å². The van der Waals surface area contributed by atoms with Gasteiger partial charge in [-0.25, -0.2) is 4.79 Å². The SMILES string of the molecule is COc1ccc(N2CCCC2)c(C2(N=C=O)CC2)c1. The second-order valence-corrected chi connectivity index (χ2v) is 5.31. The minimum Gasteiger partial charge on any atom is -0.497 e. The van der Waals surface area contributed by atoms with Crippen LogP contribution in [0.5, 0.6) is 5.75 Å². The fraction of sp³-hybridized carbons (Fsp3) is 0.533. The second kappa shape index (κ2) is 4.71. The van der Waals surface area contributed by atoms with E-state index >= 15 is 0 Å². The lowest BCUT2D eigenvalue weighted by atomic mass is 10.0. The number of isocyanates is 1. The van der Waals surface area contributed by atoms with Gasteiger partial charge in [-0.1, -0.05) is 0 Å². The summed E-state index contributed by atoms with van der Waals surface area (Å²) in [4.78, 5) is 17.1. The highest BCUT2D eigenvalue weighted by Gasteiger charge is 2.47. The van der Waals surface area contributed by atoms with Crippen LogP contribution in [0.2, 0.25) is 0 Å². The highest BCUT2D eigenvalue weighted by atomic mass is 16.5. The number of ether oxygens (including phenoxy) is 1. The number of rotatable bonds is 4. The van der Waals surface area contributed by atoms with E-state index in [1.54, 1.807) is 13.2 Å². The van der Waals surface area contributed by atoms with Crippen molar-refractivity contribution in [1.29, 1.82) is 0 Å². The number of hydrogen-bond donors (Lipinski definition) is 0. The van der Waals surface area contributed by atoms with Crippen LogP contribution in [-0.2, 0) is 10.3 Å². The Kier molecular flexibility index (Phi) is 3.03. The molecule has 0 unspecified atom stereocenters. The van der Waals surface area contributed by atoms with Crippen molar-refractivity contribution in [3.8, 4) is 5.75 Å². The summed E-state index contributed by atoms with van der Waals surface area (Å²) >= 11 is 0. The Morgan fingerprint density at radius 3 is 2.63 bits per heavy atom. The van der Waals surface area contributed by atoms with E-state index < -0.39 is 0 Å². The first-order valence-corrected chi connectivity index (χ1v) is 6.81. The van der Waals surface area contributed by atoms with E-state index in [0.29, 0.717) is 0 Å². The Morgan fingerprint density at radius 2 is 2.05 bits per heavy atom. The summed E-state index contributed by atoms with van der Waals surface area (Å²) in [5.74, 6) is 0.824. The van der Waals surface area contributed by atoms with Crippen LogP contribution in [0, 0.1) is 0 Å². The number of methoxy groups -OCH3 is 1. The van der Waals surface area contributed by atoms with Crippen molar-refractivity contribution in [3.63, 3.8) is 0 Å². The third kappa shape index (κ3) is 2.13. The van der Waals surface area contributed by atoms with Crippen molar-refractivity contribution < 1.29 is 9.53 Å². The molecule has 0 bridgehead atoms. The maximum Gasteiger partial charge on any atom is 0.235 e. The molecule has 1 heterocycles. The normalized spacial score (nSPS) is 19.9. The Balaban J connectivity index is 2.05. The predicted molar refractivity (Wildman–Crippen MR) is 73.5 cm³/mol. The Hall–Kier alpha value is -1.80. The molecule has 0 atom stereocenters. The van der Waals surface area contributed by atoms with E-state index in [9.17, 15) is 4.79 Å². The van der Waals surface area contributed by atoms with Crippen molar-refractivity contribution in [3.05, 3.63) is 23.8 Å². The van der Waals surface area contributed by atoms with Crippen LogP contribution >= 0.6 is 0 Å². The van der Waals surface area contributed by atoms with Crippen LogP contribution in [0.15, 0.2) is 23.2 Å². The summed E-state index contributed by atoms with van der Waals surface area (Å²) in [6.07, 6.45) is 6.06. The monoisotopic (exact) mass is 258 g/mol. The van der Waals surface area contributed by atoms with Crippen LogP contribution in [-0.4, -0.2) is 26.3 Å². The third-order valence-electron chi connectivity index (χ3n) is 4.14. The van der Waals surface area contributed by atoms with E-state index in [1.807, 2.05) is 12.1 Å². The average Bonchev–Trinajstić information content (AvgIpc) is 3.03. The van der Waals surface area contributed by atoms with Gasteiger partial charge in [0.1, 0.15) is 11.3 Å². The standard InChI is InChI=1S/C15H18N2O2/c1-19-12-4-5-14(17-8-2-3-9-17)13(10-12)15(6-7-15)16-11-18/h4-5,10H,2-3,6-9H2,1H3. The second-order valence-electron chi connectivity index (χ2n) is 5.31. The summed E-state index contributed by atoms with van der Waals surface area (Å²) in [7, 11) is 1.66. The summed E-state index contributed by atoms with van der Waals surface area (Å²) in [6, 6.07) is 6.11. The Morgan fingerprint density at radius 1 is 1.32 bits per heavy atom. The van der Waals surface area contributed by atoms with Crippen LogP contribution in [0.1, 0.15) is 31.2 Å². The van der Waals surface area contributed by atoms with Crippen LogP contribution < -0.4 is 9.64 Å². The quantitative estimate of drug-likeness (QED) is 0.616. The number of anilines is 1. The van der Waals surface area contributed by atoms with Crippen molar-refractivity contribution in [2.45, 2.75) is 31.2 Å². The van der Waals surface area contributed by atoms with Gasteiger partial charge in [0.05, 0.1) is 7.11 Å². The molecule has 1 aliphatic heterocycles. The van der Waals surface area contributed by atoms with Crippen LogP contribution in [0.3, 0.4) is 0 Å². The smallest absolute Gasteiger partial charge is 0.235 e. The zero-order valence-corrected chi connectivity index (χ0v) is 11.2. The van der Waals surface area contributed by atoms with Gasteiger partial charge in [-0.05, 0) is 43.9 Å². The van der Waals surface area contributed by atoms with Crippen molar-refractivity contribution in [2.75, 3.05) is 25.1 Å². The zero-order valence-electron chi connectivity index (χ0n) is 11.2. The lowest BCUT2D eigenvalue weighted by molar-refractivity contribution is 0.413. The largest absolute Gasteiger partial charge is 0.497 e. The van der Waals surface area contributed by atoms with Gasteiger partial charge >= 0.3 is 0 Å². The molecule has 1 saturated carbocycles. The molecule has 0 amide bonds. The third-order valence-corrected chi connectivity index (χ3v) is 4.14. The molecular formula is C15H18N2O2. The molecule has 19 heavy (non-hydrogen) atoms. The van der Waals surface area contributed by atoms with Crippen LogP contribution in [0.4, 0.5) is 5.69 Å². The lowest BCUT2D eigenvalue weighted by Crippen LogP contribution is -2.21. The highest BCUT2D eigenvalue weighted by molar-refractivity contribution is 5.62. The number of nitrogens with zero attached hydrogens (tertiary/aromatic N) is 2. The zero-order chi connectivity index (χ0) is 13.3. The number of carbonyl (C=O) groups excluding carboxylic acids is 1. The molecule has 100 valence electrons. The molecule has 1 aliphatic carbocycles. The van der Waals surface area contributed by atoms with Gasteiger partial charge in [-0.2, -0.15) is 4.99 Å². The minimum absolute atomic E-state index is 0.339. The van der Waals surface area contributed by atoms with Gasteiger partial charge in [-0.15, -0.1) is 0 Å². The molecule has 1 saturated heterocycles. The Bertz CT molecular complexity index is 525. The van der Waals surface area contributed by atoms with E-state index in [1.165, 1.54) is 18.5 Å². The summed E-state index contributed by atoms with van der Waals surface area (Å²) < 4.78 is 5.31. The molecule has 2 fully saturated rings. The summed E-state index contributed by atoms with van der Waals surface area (Å²) in [6.45, 7) is 2.17. The van der Waals surface area contributed by atoms with Gasteiger partial charge in [0.25, 0.3) is 0 Å². The first-order valence-electron chi connectivity index (χ1n) is 6.81. The predicted octanol–water partition coefficient (Wildman–Crippen LogP) is 2.62. The van der Waals surface area contributed by atoms with Gasteiger partial charge in [0.2, 0.25) is 6.08 Å². The molecule has 0 aromatic heterocycles. The minimum atomic E-state index is -0.339. The number of aliphatic imine (C=N–C) groups is 1. The van der Waals surface area contributed by atoms with Crippen molar-refractivity contribution >= 4 is 11.8 Å². The van der Waals surface area contributed by atoms with E-state index in [-0.39, 0.29) is 5.54 Å². The highest BCUT2D eigenvalue weighted by Crippen LogP contribution is 2.53. The first kappa shape index (κ1) is 12.2. The average molecular weight is 258 g/mol. The fourth-order valence-corrected chi connectivity index (χ4v) is 2.90. The van der Waals surface area contributed by atoms with Crippen molar-refractivity contribution in [1.82, 2.24) is 0 Å². The van der Waals surface area contributed by atoms with Crippen LogP contribution in [0.25, 0.3) is 0 Å². The van der Waals surface area contributed by atoms with Gasteiger partial charge < -0.3 is 9.64 Å². The van der Waals surface area contributed by atoms with Gasteiger partial charge in [0, 0.05) is 24.3 Å².